The van der Waals surface area contributed by atoms with Gasteiger partial charge in [0.05, 0.1) is 5.69 Å². The maximum absolute atomic E-state index is 5.90. The number of nitrogens with zero attached hydrogens (tertiary/aromatic N) is 1. The van der Waals surface area contributed by atoms with Gasteiger partial charge in [0.1, 0.15) is 0 Å². The van der Waals surface area contributed by atoms with Crippen molar-refractivity contribution in [1.82, 2.24) is 0 Å². The van der Waals surface area contributed by atoms with E-state index in [4.69, 9.17) is 11.6 Å². The van der Waals surface area contributed by atoms with Crippen LogP contribution in [0.4, 0.5) is 11.4 Å². The predicted molar refractivity (Wildman–Crippen MR) is 89.5 cm³/mol. The SMILES string of the molecule is CN1c2ccccc2SC(CCCCl)c2ccccc21. The van der Waals surface area contributed by atoms with E-state index in [2.05, 4.69) is 60.5 Å². The van der Waals surface area contributed by atoms with Crippen molar-refractivity contribution in [2.24, 2.45) is 0 Å². The zero-order valence-electron chi connectivity index (χ0n) is 11.6. The molecule has 0 N–H and O–H groups in total. The van der Waals surface area contributed by atoms with Crippen molar-refractivity contribution in [3.05, 3.63) is 54.1 Å². The van der Waals surface area contributed by atoms with E-state index in [1.54, 1.807) is 0 Å². The van der Waals surface area contributed by atoms with Crippen LogP contribution in [0.25, 0.3) is 0 Å². The Bertz CT molecular complexity index is 599. The molecule has 0 spiro atoms. The number of thioether (sulfide) groups is 1. The number of rotatable bonds is 3. The highest BCUT2D eigenvalue weighted by molar-refractivity contribution is 7.99. The largest absolute Gasteiger partial charge is 0.343 e. The van der Waals surface area contributed by atoms with Crippen molar-refractivity contribution >= 4 is 34.7 Å². The first-order valence-electron chi connectivity index (χ1n) is 6.95. The third-order valence-electron chi connectivity index (χ3n) is 3.74. The Morgan fingerprint density at radius 2 is 1.75 bits per heavy atom. The Morgan fingerprint density at radius 3 is 2.55 bits per heavy atom. The molecule has 0 fully saturated rings. The molecule has 1 unspecified atom stereocenters. The summed E-state index contributed by atoms with van der Waals surface area (Å²) in [5, 5.41) is 0.482. The van der Waals surface area contributed by atoms with E-state index in [-0.39, 0.29) is 0 Å². The number of hydrogen-bond acceptors (Lipinski definition) is 2. The molecular weight excluding hydrogens is 286 g/mol. The molecule has 20 heavy (non-hydrogen) atoms. The molecule has 0 radical (unpaired) electrons. The Labute approximate surface area is 129 Å². The summed E-state index contributed by atoms with van der Waals surface area (Å²) in [7, 11) is 2.15. The summed E-state index contributed by atoms with van der Waals surface area (Å²) in [5.41, 5.74) is 4.02. The topological polar surface area (TPSA) is 3.24 Å². The van der Waals surface area contributed by atoms with E-state index in [0.29, 0.717) is 5.25 Å². The second-order valence-electron chi connectivity index (χ2n) is 5.02. The van der Waals surface area contributed by atoms with E-state index >= 15 is 0 Å². The maximum Gasteiger partial charge on any atom is 0.0546 e. The van der Waals surface area contributed by atoms with Gasteiger partial charge in [-0.15, -0.1) is 23.4 Å². The summed E-state index contributed by atoms with van der Waals surface area (Å²) in [5.74, 6) is 0.733. The van der Waals surface area contributed by atoms with Crippen LogP contribution in [0.5, 0.6) is 0 Å². The van der Waals surface area contributed by atoms with Crippen LogP contribution in [0.2, 0.25) is 0 Å². The second kappa shape index (κ2) is 6.11. The van der Waals surface area contributed by atoms with Crippen LogP contribution in [-0.4, -0.2) is 12.9 Å². The van der Waals surface area contributed by atoms with Gasteiger partial charge >= 0.3 is 0 Å². The molecule has 1 aliphatic heterocycles. The zero-order valence-corrected chi connectivity index (χ0v) is 13.1. The number of alkyl halides is 1. The zero-order chi connectivity index (χ0) is 13.9. The maximum atomic E-state index is 5.90. The summed E-state index contributed by atoms with van der Waals surface area (Å²) in [6, 6.07) is 17.4. The summed E-state index contributed by atoms with van der Waals surface area (Å²) >= 11 is 7.86. The lowest BCUT2D eigenvalue weighted by Crippen LogP contribution is -2.11. The third kappa shape index (κ3) is 2.55. The molecule has 0 aliphatic carbocycles. The van der Waals surface area contributed by atoms with Crippen LogP contribution in [0.15, 0.2) is 53.4 Å². The van der Waals surface area contributed by atoms with Gasteiger partial charge in [0.25, 0.3) is 0 Å². The van der Waals surface area contributed by atoms with Crippen molar-refractivity contribution in [3.8, 4) is 0 Å². The molecule has 0 aromatic heterocycles. The first-order chi connectivity index (χ1) is 9.81. The first-order valence-corrected chi connectivity index (χ1v) is 8.37. The minimum atomic E-state index is 0.482. The lowest BCUT2D eigenvalue weighted by Gasteiger charge is -2.22. The molecule has 1 atom stereocenters. The van der Waals surface area contributed by atoms with Gasteiger partial charge in [-0.25, -0.2) is 0 Å². The molecule has 1 heterocycles. The van der Waals surface area contributed by atoms with Crippen molar-refractivity contribution in [3.63, 3.8) is 0 Å². The standard InChI is InChI=1S/C17H18ClNS/c1-19-14-8-3-2-7-13(14)16(11-6-12-18)20-17-10-5-4-9-15(17)19/h2-5,7-10,16H,6,11-12H2,1H3. The molecule has 2 aromatic carbocycles. The molecule has 1 nitrogen and oxygen atoms in total. The minimum absolute atomic E-state index is 0.482. The van der Waals surface area contributed by atoms with Gasteiger partial charge in [0, 0.05) is 28.8 Å². The van der Waals surface area contributed by atoms with E-state index < -0.39 is 0 Å². The van der Waals surface area contributed by atoms with Gasteiger partial charge in [-0.1, -0.05) is 30.3 Å². The highest BCUT2D eigenvalue weighted by atomic mass is 35.5. The average molecular weight is 304 g/mol. The van der Waals surface area contributed by atoms with Gasteiger partial charge in [-0.3, -0.25) is 0 Å². The summed E-state index contributed by atoms with van der Waals surface area (Å²) in [6.45, 7) is 0. The van der Waals surface area contributed by atoms with E-state index in [1.807, 2.05) is 11.8 Å². The molecule has 0 saturated carbocycles. The average Bonchev–Trinajstić information content (AvgIpc) is 2.62. The molecular formula is C17H18ClNS. The van der Waals surface area contributed by atoms with Crippen LogP contribution in [0.3, 0.4) is 0 Å². The van der Waals surface area contributed by atoms with Gasteiger partial charge in [0.15, 0.2) is 0 Å². The number of para-hydroxylation sites is 2. The van der Waals surface area contributed by atoms with Crippen LogP contribution in [-0.2, 0) is 0 Å². The summed E-state index contributed by atoms with van der Waals surface area (Å²) in [4.78, 5) is 3.66. The number of halogens is 1. The van der Waals surface area contributed by atoms with Gasteiger partial charge in [-0.2, -0.15) is 0 Å². The van der Waals surface area contributed by atoms with Crippen LogP contribution in [0.1, 0.15) is 23.7 Å². The van der Waals surface area contributed by atoms with E-state index in [9.17, 15) is 0 Å². The van der Waals surface area contributed by atoms with Crippen molar-refractivity contribution < 1.29 is 0 Å². The number of anilines is 2. The molecule has 3 heteroatoms. The van der Waals surface area contributed by atoms with Crippen molar-refractivity contribution in [1.29, 1.82) is 0 Å². The Kier molecular flexibility index (Phi) is 4.23. The molecule has 104 valence electrons. The first kappa shape index (κ1) is 13.8. The lowest BCUT2D eigenvalue weighted by atomic mass is 10.0. The highest BCUT2D eigenvalue weighted by Gasteiger charge is 2.24. The minimum Gasteiger partial charge on any atom is -0.343 e. The number of fused-ring (bicyclic) bond motifs is 2. The molecule has 0 bridgehead atoms. The van der Waals surface area contributed by atoms with Crippen LogP contribution < -0.4 is 4.90 Å². The normalized spacial score (nSPS) is 17.3. The Morgan fingerprint density at radius 1 is 1.05 bits per heavy atom. The summed E-state index contributed by atoms with van der Waals surface area (Å²) in [6.07, 6.45) is 2.17. The lowest BCUT2D eigenvalue weighted by molar-refractivity contribution is 0.784. The number of hydrogen-bond donors (Lipinski definition) is 0. The van der Waals surface area contributed by atoms with Gasteiger partial charge < -0.3 is 4.90 Å². The van der Waals surface area contributed by atoms with Gasteiger partial charge in [-0.05, 0) is 36.6 Å². The number of benzene rings is 2. The fraction of sp³-hybridized carbons (Fsp3) is 0.294. The quantitative estimate of drug-likeness (QED) is 0.677. The molecule has 0 amide bonds. The van der Waals surface area contributed by atoms with Crippen LogP contribution >= 0.6 is 23.4 Å². The second-order valence-corrected chi connectivity index (χ2v) is 6.65. The highest BCUT2D eigenvalue weighted by Crippen LogP contribution is 2.49. The third-order valence-corrected chi connectivity index (χ3v) is 5.38. The summed E-state index contributed by atoms with van der Waals surface area (Å²) < 4.78 is 0. The van der Waals surface area contributed by atoms with Gasteiger partial charge in [0.2, 0.25) is 0 Å². The van der Waals surface area contributed by atoms with E-state index in [0.717, 1.165) is 18.7 Å². The molecule has 2 aromatic rings. The molecule has 3 rings (SSSR count). The predicted octanol–water partition coefficient (Wildman–Crippen LogP) is 5.62. The monoisotopic (exact) mass is 303 g/mol. The fourth-order valence-corrected chi connectivity index (χ4v) is 4.28. The molecule has 1 aliphatic rings. The van der Waals surface area contributed by atoms with Crippen LogP contribution in [0, 0.1) is 0 Å². The van der Waals surface area contributed by atoms with E-state index in [1.165, 1.54) is 21.8 Å². The van der Waals surface area contributed by atoms with Crippen molar-refractivity contribution in [2.45, 2.75) is 23.0 Å². The van der Waals surface area contributed by atoms with Crippen molar-refractivity contribution in [2.75, 3.05) is 17.8 Å². The molecule has 0 saturated heterocycles. The Balaban J connectivity index is 2.08. The fourth-order valence-electron chi connectivity index (χ4n) is 2.72. The Hall–Kier alpha value is -1.12. The smallest absolute Gasteiger partial charge is 0.0546 e.